The number of hydrogen-bond donors (Lipinski definition) is 1. The zero-order chi connectivity index (χ0) is 21.4. The molecule has 0 fully saturated rings. The SMILES string of the molecule is CC(C)n1c(=O)c(-c2ccc(OC(C)(C)CC(C)(C)O)cc2)cc2ccccc21. The molecule has 0 unspecified atom stereocenters. The van der Waals surface area contributed by atoms with Gasteiger partial charge in [0.25, 0.3) is 5.56 Å². The van der Waals surface area contributed by atoms with E-state index in [1.807, 2.05) is 86.9 Å². The van der Waals surface area contributed by atoms with Crippen molar-refractivity contribution in [1.29, 1.82) is 0 Å². The van der Waals surface area contributed by atoms with Crippen LogP contribution in [-0.2, 0) is 0 Å². The summed E-state index contributed by atoms with van der Waals surface area (Å²) in [6.45, 7) is 11.5. The van der Waals surface area contributed by atoms with Crippen LogP contribution < -0.4 is 10.3 Å². The molecule has 0 aliphatic heterocycles. The van der Waals surface area contributed by atoms with Crippen LogP contribution in [0.1, 0.15) is 54.0 Å². The molecule has 2 aromatic carbocycles. The van der Waals surface area contributed by atoms with Gasteiger partial charge in [-0.25, -0.2) is 0 Å². The van der Waals surface area contributed by atoms with Crippen molar-refractivity contribution in [3.63, 3.8) is 0 Å². The number of aliphatic hydroxyl groups is 1. The van der Waals surface area contributed by atoms with Gasteiger partial charge in [0.05, 0.1) is 11.1 Å². The lowest BCUT2D eigenvalue weighted by molar-refractivity contribution is -0.0106. The van der Waals surface area contributed by atoms with Gasteiger partial charge in [-0.2, -0.15) is 0 Å². The fourth-order valence-corrected chi connectivity index (χ4v) is 4.10. The molecule has 1 aromatic heterocycles. The van der Waals surface area contributed by atoms with Crippen molar-refractivity contribution < 1.29 is 9.84 Å². The topological polar surface area (TPSA) is 51.5 Å². The van der Waals surface area contributed by atoms with Crippen LogP contribution in [0.4, 0.5) is 0 Å². The average molecular weight is 394 g/mol. The molecule has 0 atom stereocenters. The second kappa shape index (κ2) is 7.68. The minimum Gasteiger partial charge on any atom is -0.488 e. The number of rotatable bonds is 6. The number of aromatic nitrogens is 1. The van der Waals surface area contributed by atoms with Crippen molar-refractivity contribution in [1.82, 2.24) is 4.57 Å². The standard InChI is InChI=1S/C25H31NO3/c1-17(2)26-22-10-8-7-9-19(22)15-21(23(26)27)18-11-13-20(14-12-18)29-25(5,6)16-24(3,4)28/h7-15,17,28H,16H2,1-6H3. The minimum absolute atomic E-state index is 0.00901. The van der Waals surface area contributed by atoms with Crippen molar-refractivity contribution in [3.8, 4) is 16.9 Å². The Labute approximate surface area is 172 Å². The van der Waals surface area contributed by atoms with Gasteiger partial charge >= 0.3 is 0 Å². The molecule has 3 aromatic rings. The molecule has 3 rings (SSSR count). The summed E-state index contributed by atoms with van der Waals surface area (Å²) in [5.41, 5.74) is 1.19. The quantitative estimate of drug-likeness (QED) is 0.596. The monoisotopic (exact) mass is 393 g/mol. The first-order valence-corrected chi connectivity index (χ1v) is 10.1. The van der Waals surface area contributed by atoms with Crippen LogP contribution in [0.5, 0.6) is 5.75 Å². The lowest BCUT2D eigenvalue weighted by atomic mass is 9.92. The Morgan fingerprint density at radius 1 is 1.00 bits per heavy atom. The molecule has 0 saturated carbocycles. The Morgan fingerprint density at radius 2 is 1.62 bits per heavy atom. The van der Waals surface area contributed by atoms with Gasteiger partial charge in [0.1, 0.15) is 11.4 Å². The molecule has 4 nitrogen and oxygen atoms in total. The molecule has 29 heavy (non-hydrogen) atoms. The summed E-state index contributed by atoms with van der Waals surface area (Å²) in [4.78, 5) is 13.2. The van der Waals surface area contributed by atoms with E-state index in [0.29, 0.717) is 17.7 Å². The van der Waals surface area contributed by atoms with E-state index in [4.69, 9.17) is 4.74 Å². The van der Waals surface area contributed by atoms with Crippen molar-refractivity contribution >= 4 is 10.9 Å². The van der Waals surface area contributed by atoms with Gasteiger partial charge in [-0.1, -0.05) is 30.3 Å². The van der Waals surface area contributed by atoms with E-state index >= 15 is 0 Å². The maximum Gasteiger partial charge on any atom is 0.259 e. The van der Waals surface area contributed by atoms with Crippen LogP contribution in [0, 0.1) is 0 Å². The summed E-state index contributed by atoms with van der Waals surface area (Å²) < 4.78 is 7.94. The highest BCUT2D eigenvalue weighted by Gasteiger charge is 2.28. The van der Waals surface area contributed by atoms with Crippen LogP contribution in [-0.4, -0.2) is 20.9 Å². The van der Waals surface area contributed by atoms with Crippen molar-refractivity contribution in [2.75, 3.05) is 0 Å². The fourth-order valence-electron chi connectivity index (χ4n) is 4.10. The predicted molar refractivity (Wildman–Crippen MR) is 120 cm³/mol. The molecule has 0 radical (unpaired) electrons. The Balaban J connectivity index is 1.97. The molecule has 0 saturated heterocycles. The van der Waals surface area contributed by atoms with Crippen LogP contribution in [0.15, 0.2) is 59.4 Å². The molecule has 0 aliphatic carbocycles. The minimum atomic E-state index is -0.809. The maximum absolute atomic E-state index is 13.2. The number of ether oxygens (including phenoxy) is 1. The van der Waals surface area contributed by atoms with E-state index in [1.165, 1.54) is 0 Å². The molecule has 0 bridgehead atoms. The van der Waals surface area contributed by atoms with Gasteiger partial charge in [0, 0.05) is 18.0 Å². The lowest BCUT2D eigenvalue weighted by Gasteiger charge is -2.32. The van der Waals surface area contributed by atoms with Gasteiger partial charge in [-0.3, -0.25) is 4.79 Å². The molecule has 1 N–H and O–H groups in total. The first-order valence-electron chi connectivity index (χ1n) is 10.1. The Kier molecular flexibility index (Phi) is 5.59. The van der Waals surface area contributed by atoms with E-state index in [1.54, 1.807) is 13.8 Å². The average Bonchev–Trinajstić information content (AvgIpc) is 2.59. The van der Waals surface area contributed by atoms with E-state index in [9.17, 15) is 9.90 Å². The van der Waals surface area contributed by atoms with Gasteiger partial charge in [0.15, 0.2) is 0 Å². The summed E-state index contributed by atoms with van der Waals surface area (Å²) in [6, 6.07) is 17.6. The Hall–Kier alpha value is -2.59. The lowest BCUT2D eigenvalue weighted by Crippen LogP contribution is -2.37. The number of para-hydroxylation sites is 1. The molecule has 0 spiro atoms. The third-order valence-electron chi connectivity index (χ3n) is 4.88. The third-order valence-corrected chi connectivity index (χ3v) is 4.88. The van der Waals surface area contributed by atoms with Crippen molar-refractivity contribution in [3.05, 3.63) is 65.0 Å². The largest absolute Gasteiger partial charge is 0.488 e. The predicted octanol–water partition coefficient (Wildman–Crippen LogP) is 5.57. The molecular weight excluding hydrogens is 362 g/mol. The van der Waals surface area contributed by atoms with Crippen LogP contribution in [0.2, 0.25) is 0 Å². The summed E-state index contributed by atoms with van der Waals surface area (Å²) >= 11 is 0. The first kappa shape index (κ1) is 21.1. The smallest absolute Gasteiger partial charge is 0.259 e. The molecular formula is C25H31NO3. The fraction of sp³-hybridized carbons (Fsp3) is 0.400. The van der Waals surface area contributed by atoms with Crippen LogP contribution in [0.3, 0.4) is 0 Å². The summed E-state index contributed by atoms with van der Waals surface area (Å²) in [5.74, 6) is 0.716. The summed E-state index contributed by atoms with van der Waals surface area (Å²) in [7, 11) is 0. The van der Waals surface area contributed by atoms with E-state index in [-0.39, 0.29) is 11.6 Å². The van der Waals surface area contributed by atoms with Gasteiger partial charge in [0.2, 0.25) is 0 Å². The van der Waals surface area contributed by atoms with Gasteiger partial charge in [-0.15, -0.1) is 0 Å². The Morgan fingerprint density at radius 3 is 2.21 bits per heavy atom. The zero-order valence-electron chi connectivity index (χ0n) is 18.2. The zero-order valence-corrected chi connectivity index (χ0v) is 18.2. The molecule has 0 aliphatic rings. The van der Waals surface area contributed by atoms with Crippen LogP contribution >= 0.6 is 0 Å². The number of benzene rings is 2. The summed E-state index contributed by atoms with van der Waals surface area (Å²) in [6.07, 6.45) is 0.505. The highest BCUT2D eigenvalue weighted by Crippen LogP contribution is 2.29. The van der Waals surface area contributed by atoms with Crippen molar-refractivity contribution in [2.45, 2.75) is 65.2 Å². The van der Waals surface area contributed by atoms with Gasteiger partial charge in [-0.05, 0) is 76.8 Å². The highest BCUT2D eigenvalue weighted by molar-refractivity contribution is 5.84. The number of fused-ring (bicyclic) bond motifs is 1. The van der Waals surface area contributed by atoms with E-state index in [2.05, 4.69) is 0 Å². The molecule has 154 valence electrons. The number of pyridine rings is 1. The highest BCUT2D eigenvalue weighted by atomic mass is 16.5. The molecule has 1 heterocycles. The normalized spacial score (nSPS) is 12.6. The molecule has 4 heteroatoms. The second-order valence-electron chi connectivity index (χ2n) is 9.26. The van der Waals surface area contributed by atoms with E-state index < -0.39 is 11.2 Å². The first-order chi connectivity index (χ1) is 13.5. The van der Waals surface area contributed by atoms with Crippen LogP contribution in [0.25, 0.3) is 22.0 Å². The number of nitrogens with zero attached hydrogens (tertiary/aromatic N) is 1. The third kappa shape index (κ3) is 4.88. The van der Waals surface area contributed by atoms with E-state index in [0.717, 1.165) is 16.5 Å². The molecule has 0 amide bonds. The second-order valence-corrected chi connectivity index (χ2v) is 9.26. The maximum atomic E-state index is 13.2. The van der Waals surface area contributed by atoms with Gasteiger partial charge < -0.3 is 14.4 Å². The number of hydrogen-bond acceptors (Lipinski definition) is 3. The summed E-state index contributed by atoms with van der Waals surface area (Å²) in [5, 5.41) is 11.1. The van der Waals surface area contributed by atoms with Crippen molar-refractivity contribution in [2.24, 2.45) is 0 Å². The Bertz CT molecular complexity index is 1050.